The number of methoxy groups -OCH3 is 1. The van der Waals surface area contributed by atoms with Crippen molar-refractivity contribution in [3.8, 4) is 17.9 Å². The van der Waals surface area contributed by atoms with E-state index < -0.39 is 29.5 Å². The Bertz CT molecular complexity index is 643. The lowest BCUT2D eigenvalue weighted by atomic mass is 9.76. The maximum absolute atomic E-state index is 12.2. The molecule has 1 aromatic rings. The molecule has 0 amide bonds. The largest absolute Gasteiger partial charge is 0.497 e. The van der Waals surface area contributed by atoms with Crippen molar-refractivity contribution in [3.63, 3.8) is 0 Å². The molecule has 0 aliphatic heterocycles. The molecule has 6 heteroatoms. The van der Waals surface area contributed by atoms with Crippen molar-refractivity contribution in [1.82, 2.24) is 0 Å². The van der Waals surface area contributed by atoms with Crippen molar-refractivity contribution >= 4 is 11.8 Å². The predicted octanol–water partition coefficient (Wildman–Crippen LogP) is 2.21. The molecule has 0 spiro atoms. The molecule has 23 heavy (non-hydrogen) atoms. The average molecular weight is 314 g/mol. The highest BCUT2D eigenvalue weighted by Gasteiger charge is 2.40. The molecule has 0 aliphatic carbocycles. The van der Waals surface area contributed by atoms with Crippen LogP contribution in [0.2, 0.25) is 0 Å². The molecule has 0 saturated heterocycles. The molecule has 2 atom stereocenters. The number of nitriles is 2. The van der Waals surface area contributed by atoms with E-state index in [1.165, 1.54) is 14.0 Å². The Morgan fingerprint density at radius 2 is 1.91 bits per heavy atom. The molecule has 1 aromatic carbocycles. The number of ether oxygens (including phenoxy) is 2. The molecular formula is C17H18N2O4. The number of hydrogen-bond acceptors (Lipinski definition) is 6. The summed E-state index contributed by atoms with van der Waals surface area (Å²) in [6, 6.07) is 10.4. The zero-order valence-corrected chi connectivity index (χ0v) is 13.3. The number of nitrogens with zero attached hydrogens (tertiary/aromatic N) is 2. The first-order valence-electron chi connectivity index (χ1n) is 7.10. The minimum Gasteiger partial charge on any atom is -0.497 e. The van der Waals surface area contributed by atoms with Crippen LogP contribution in [-0.4, -0.2) is 25.5 Å². The van der Waals surface area contributed by atoms with E-state index in [0.717, 1.165) is 0 Å². The van der Waals surface area contributed by atoms with Crippen molar-refractivity contribution in [2.75, 3.05) is 13.7 Å². The third kappa shape index (κ3) is 4.31. The van der Waals surface area contributed by atoms with Gasteiger partial charge in [0.1, 0.15) is 23.4 Å². The molecule has 0 heterocycles. The van der Waals surface area contributed by atoms with Crippen molar-refractivity contribution in [3.05, 3.63) is 29.8 Å². The van der Waals surface area contributed by atoms with Crippen LogP contribution in [0.4, 0.5) is 0 Å². The lowest BCUT2D eigenvalue weighted by molar-refractivity contribution is -0.152. The van der Waals surface area contributed by atoms with E-state index in [2.05, 4.69) is 0 Å². The Morgan fingerprint density at radius 1 is 1.26 bits per heavy atom. The van der Waals surface area contributed by atoms with Crippen LogP contribution in [0.25, 0.3) is 0 Å². The lowest BCUT2D eigenvalue weighted by Crippen LogP contribution is -2.33. The summed E-state index contributed by atoms with van der Waals surface area (Å²) in [5.74, 6) is -3.98. The van der Waals surface area contributed by atoms with E-state index in [0.29, 0.717) is 11.3 Å². The normalized spacial score (nSPS) is 12.6. The molecule has 1 rings (SSSR count). The number of ketones is 1. The Labute approximate surface area is 135 Å². The zero-order chi connectivity index (χ0) is 17.4. The zero-order valence-electron chi connectivity index (χ0n) is 13.3. The summed E-state index contributed by atoms with van der Waals surface area (Å²) in [5, 5.41) is 18.5. The second-order valence-electron chi connectivity index (χ2n) is 4.88. The topological polar surface area (TPSA) is 100 Å². The summed E-state index contributed by atoms with van der Waals surface area (Å²) in [6.07, 6.45) is 0. The first kappa shape index (κ1) is 18.2. The van der Waals surface area contributed by atoms with Crippen molar-refractivity contribution in [2.24, 2.45) is 11.8 Å². The van der Waals surface area contributed by atoms with Crippen molar-refractivity contribution < 1.29 is 19.1 Å². The van der Waals surface area contributed by atoms with Crippen LogP contribution in [0.3, 0.4) is 0 Å². The van der Waals surface area contributed by atoms with Crippen LogP contribution in [0.15, 0.2) is 24.3 Å². The summed E-state index contributed by atoms with van der Waals surface area (Å²) >= 11 is 0. The second kappa shape index (κ2) is 8.55. The number of Topliss-reactive ketones (excluding diaryl/α,β-unsaturated/α-hetero) is 1. The average Bonchev–Trinajstić information content (AvgIpc) is 2.54. The fourth-order valence-corrected chi connectivity index (χ4v) is 2.41. The molecule has 6 nitrogen and oxygen atoms in total. The van der Waals surface area contributed by atoms with Gasteiger partial charge in [0.2, 0.25) is 0 Å². The number of carbonyl (C=O) groups excluding carboxylic acids is 2. The van der Waals surface area contributed by atoms with Crippen molar-refractivity contribution in [1.29, 1.82) is 10.5 Å². The summed E-state index contributed by atoms with van der Waals surface area (Å²) in [7, 11) is 1.48. The molecule has 0 saturated carbocycles. The smallest absolute Gasteiger partial charge is 0.317 e. The number of rotatable bonds is 7. The highest BCUT2D eigenvalue weighted by Crippen LogP contribution is 2.35. The lowest BCUT2D eigenvalue weighted by Gasteiger charge is -2.25. The minimum atomic E-state index is -1.22. The Morgan fingerprint density at radius 3 is 2.39 bits per heavy atom. The molecule has 0 aromatic heterocycles. The van der Waals surface area contributed by atoms with Gasteiger partial charge in [-0.05, 0) is 31.5 Å². The van der Waals surface area contributed by atoms with Gasteiger partial charge in [0.05, 0.1) is 25.9 Å². The van der Waals surface area contributed by atoms with Gasteiger partial charge in [-0.1, -0.05) is 12.1 Å². The maximum Gasteiger partial charge on any atom is 0.317 e. The molecule has 0 N–H and O–H groups in total. The Balaban J connectivity index is 3.44. The van der Waals surface area contributed by atoms with Crippen LogP contribution < -0.4 is 4.74 Å². The minimum absolute atomic E-state index is 0.108. The number of esters is 1. The predicted molar refractivity (Wildman–Crippen MR) is 81.3 cm³/mol. The van der Waals surface area contributed by atoms with E-state index in [1.54, 1.807) is 31.2 Å². The first-order valence-corrected chi connectivity index (χ1v) is 7.10. The van der Waals surface area contributed by atoms with Gasteiger partial charge in [-0.15, -0.1) is 0 Å². The Kier molecular flexibility index (Phi) is 6.76. The number of hydrogen-bond donors (Lipinski definition) is 0. The molecule has 0 radical (unpaired) electrons. The van der Waals surface area contributed by atoms with Crippen LogP contribution >= 0.6 is 0 Å². The van der Waals surface area contributed by atoms with Crippen LogP contribution in [0.5, 0.6) is 5.75 Å². The van der Waals surface area contributed by atoms with Gasteiger partial charge in [-0.2, -0.15) is 10.5 Å². The summed E-state index contributed by atoms with van der Waals surface area (Å²) in [5.41, 5.74) is 0.505. The van der Waals surface area contributed by atoms with Gasteiger partial charge in [0.25, 0.3) is 0 Å². The molecule has 0 fully saturated rings. The molecule has 0 bridgehead atoms. The van der Waals surface area contributed by atoms with E-state index >= 15 is 0 Å². The number of carbonyl (C=O) groups is 2. The highest BCUT2D eigenvalue weighted by molar-refractivity contribution is 5.99. The fraction of sp³-hybridized carbons (Fsp3) is 0.412. The maximum atomic E-state index is 12.2. The van der Waals surface area contributed by atoms with Crippen LogP contribution in [-0.2, 0) is 14.3 Å². The Hall–Kier alpha value is -2.86. The quantitative estimate of drug-likeness (QED) is 0.565. The van der Waals surface area contributed by atoms with Gasteiger partial charge in [-0.3, -0.25) is 9.59 Å². The summed E-state index contributed by atoms with van der Waals surface area (Å²) < 4.78 is 10.1. The SMILES string of the molecule is CCOC(=O)[C@@H](C(C)=O)[C@@H](c1cccc(OC)c1)C(C#N)C#N. The molecular weight excluding hydrogens is 296 g/mol. The van der Waals surface area contributed by atoms with Crippen molar-refractivity contribution in [2.45, 2.75) is 19.8 Å². The van der Waals surface area contributed by atoms with Crippen LogP contribution in [0.1, 0.15) is 25.3 Å². The standard InChI is InChI=1S/C17H18N2O4/c1-4-23-17(21)15(11(2)20)16(13(9-18)10-19)12-6-5-7-14(8-12)22-3/h5-8,13,15-16H,4H2,1-3H3/t15-,16-/m0/s1. The van der Waals surface area contributed by atoms with E-state index in [1.807, 2.05) is 12.1 Å². The van der Waals surface area contributed by atoms with Gasteiger partial charge in [0.15, 0.2) is 0 Å². The molecule has 120 valence electrons. The third-order valence-electron chi connectivity index (χ3n) is 3.45. The van der Waals surface area contributed by atoms with Crippen LogP contribution in [0, 0.1) is 34.5 Å². The summed E-state index contributed by atoms with van der Waals surface area (Å²) in [4.78, 5) is 24.2. The fourth-order valence-electron chi connectivity index (χ4n) is 2.41. The molecule has 0 unspecified atom stereocenters. The number of benzene rings is 1. The van der Waals surface area contributed by atoms with E-state index in [9.17, 15) is 20.1 Å². The summed E-state index contributed by atoms with van der Waals surface area (Å²) in [6.45, 7) is 2.99. The van der Waals surface area contributed by atoms with Gasteiger partial charge >= 0.3 is 5.97 Å². The van der Waals surface area contributed by atoms with Gasteiger partial charge in [-0.25, -0.2) is 0 Å². The second-order valence-corrected chi connectivity index (χ2v) is 4.88. The third-order valence-corrected chi connectivity index (χ3v) is 3.45. The van der Waals surface area contributed by atoms with Gasteiger partial charge < -0.3 is 9.47 Å². The molecule has 0 aliphatic rings. The van der Waals surface area contributed by atoms with E-state index in [4.69, 9.17) is 9.47 Å². The monoisotopic (exact) mass is 314 g/mol. The highest BCUT2D eigenvalue weighted by atomic mass is 16.5. The first-order chi connectivity index (χ1) is 11.0. The van der Waals surface area contributed by atoms with E-state index in [-0.39, 0.29) is 6.61 Å². The van der Waals surface area contributed by atoms with Gasteiger partial charge in [0, 0.05) is 5.92 Å².